The Morgan fingerprint density at radius 2 is 2.00 bits per heavy atom. The van der Waals surface area contributed by atoms with Gasteiger partial charge in [0.05, 0.1) is 36.2 Å². The van der Waals surface area contributed by atoms with Crippen LogP contribution in [0.3, 0.4) is 0 Å². The van der Waals surface area contributed by atoms with Crippen LogP contribution in [0.2, 0.25) is 0 Å². The van der Waals surface area contributed by atoms with E-state index in [4.69, 9.17) is 14.1 Å². The Morgan fingerprint density at radius 3 is 2.76 bits per heavy atom. The lowest BCUT2D eigenvalue weighted by Crippen LogP contribution is -2.26. The van der Waals surface area contributed by atoms with Gasteiger partial charge >= 0.3 is 0 Å². The van der Waals surface area contributed by atoms with E-state index >= 15 is 0 Å². The summed E-state index contributed by atoms with van der Waals surface area (Å²) in [5, 5.41) is 5.18. The second kappa shape index (κ2) is 9.19. The number of rotatable bonds is 7. The van der Waals surface area contributed by atoms with Gasteiger partial charge in [-0.25, -0.2) is 9.67 Å². The monoisotopic (exact) mass is 453 g/mol. The first-order valence-electron chi connectivity index (χ1n) is 10.8. The van der Waals surface area contributed by atoms with Gasteiger partial charge in [0.15, 0.2) is 5.65 Å². The predicted octanol–water partition coefficient (Wildman–Crippen LogP) is 4.42. The average molecular weight is 454 g/mol. The van der Waals surface area contributed by atoms with Gasteiger partial charge in [-0.2, -0.15) is 5.10 Å². The molecule has 0 aliphatic heterocycles. The molecule has 1 aromatic carbocycles. The van der Waals surface area contributed by atoms with E-state index in [9.17, 15) is 4.79 Å². The van der Waals surface area contributed by atoms with E-state index in [2.05, 4.69) is 10.1 Å². The topological polar surface area (TPSA) is 86.3 Å². The van der Waals surface area contributed by atoms with E-state index in [1.165, 1.54) is 0 Å². The van der Waals surface area contributed by atoms with Gasteiger partial charge in [0.1, 0.15) is 18.1 Å². The maximum atomic E-state index is 13.7. The molecule has 5 aromatic rings. The number of ether oxygens (including phenoxy) is 1. The van der Waals surface area contributed by atoms with Crippen LogP contribution in [0.1, 0.15) is 21.7 Å². The van der Waals surface area contributed by atoms with Crippen LogP contribution in [0.4, 0.5) is 0 Å². The molecule has 170 valence electrons. The zero-order valence-corrected chi connectivity index (χ0v) is 18.9. The van der Waals surface area contributed by atoms with Crippen molar-refractivity contribution in [2.45, 2.75) is 13.1 Å². The fraction of sp³-hybridized carbons (Fsp3) is 0.154. The van der Waals surface area contributed by atoms with Gasteiger partial charge in [0.2, 0.25) is 0 Å². The van der Waals surface area contributed by atoms with Crippen molar-refractivity contribution in [3.8, 4) is 17.0 Å². The lowest BCUT2D eigenvalue weighted by molar-refractivity contribution is 0.0786. The van der Waals surface area contributed by atoms with Crippen LogP contribution in [0.15, 0.2) is 83.9 Å². The molecule has 0 bridgehead atoms. The molecule has 0 N–H and O–H groups in total. The van der Waals surface area contributed by atoms with Gasteiger partial charge in [0, 0.05) is 37.1 Å². The van der Waals surface area contributed by atoms with Gasteiger partial charge in [-0.05, 0) is 36.4 Å². The minimum Gasteiger partial charge on any atom is -0.496 e. The molecule has 0 saturated carbocycles. The van der Waals surface area contributed by atoms with Crippen LogP contribution in [0.5, 0.6) is 5.75 Å². The summed E-state index contributed by atoms with van der Waals surface area (Å²) in [6.07, 6.45) is 6.74. The second-order valence-electron chi connectivity index (χ2n) is 7.89. The zero-order valence-electron chi connectivity index (χ0n) is 18.9. The van der Waals surface area contributed by atoms with Crippen molar-refractivity contribution in [1.29, 1.82) is 0 Å². The minimum atomic E-state index is -0.138. The van der Waals surface area contributed by atoms with Gasteiger partial charge in [-0.15, -0.1) is 0 Å². The maximum Gasteiger partial charge on any atom is 0.254 e. The quantitative estimate of drug-likeness (QED) is 0.363. The molecule has 34 heavy (non-hydrogen) atoms. The first-order chi connectivity index (χ1) is 16.6. The first kappa shape index (κ1) is 21.4. The maximum absolute atomic E-state index is 13.7. The van der Waals surface area contributed by atoms with Crippen LogP contribution in [0, 0.1) is 0 Å². The highest BCUT2D eigenvalue weighted by Crippen LogP contribution is 2.27. The third-order valence-electron chi connectivity index (χ3n) is 5.63. The Kier molecular flexibility index (Phi) is 5.78. The van der Waals surface area contributed by atoms with Crippen LogP contribution in [0.25, 0.3) is 22.3 Å². The Hall–Kier alpha value is -4.46. The van der Waals surface area contributed by atoms with Gasteiger partial charge < -0.3 is 14.1 Å². The van der Waals surface area contributed by atoms with Crippen molar-refractivity contribution in [1.82, 2.24) is 24.6 Å². The molecule has 0 radical (unpaired) electrons. The molecule has 8 nitrogen and oxygen atoms in total. The molecule has 0 saturated heterocycles. The summed E-state index contributed by atoms with van der Waals surface area (Å²) in [6, 6.07) is 17.0. The number of carbonyl (C=O) groups excluding carboxylic acids is 1. The molecule has 0 aliphatic carbocycles. The number of fused-ring (bicyclic) bond motifs is 1. The molecule has 0 spiro atoms. The smallest absolute Gasteiger partial charge is 0.254 e. The molecule has 0 atom stereocenters. The fourth-order valence-electron chi connectivity index (χ4n) is 3.92. The number of hydrogen-bond acceptors (Lipinski definition) is 6. The second-order valence-corrected chi connectivity index (χ2v) is 7.89. The highest BCUT2D eigenvalue weighted by molar-refractivity contribution is 6.06. The molecular formula is C26H23N5O3. The lowest BCUT2D eigenvalue weighted by Gasteiger charge is -2.19. The summed E-state index contributed by atoms with van der Waals surface area (Å²) < 4.78 is 12.7. The zero-order chi connectivity index (χ0) is 23.5. The van der Waals surface area contributed by atoms with Crippen molar-refractivity contribution in [3.63, 3.8) is 0 Å². The number of furan rings is 1. The SMILES string of the molecule is COc1ccccc1CN(C)C(=O)c1cc(-c2cccnc2)nc2c1cnn2Cc1ccco1. The molecule has 0 unspecified atom stereocenters. The number of para-hydroxylation sites is 1. The van der Waals surface area contributed by atoms with Gasteiger partial charge in [-0.3, -0.25) is 9.78 Å². The van der Waals surface area contributed by atoms with Crippen molar-refractivity contribution in [3.05, 3.63) is 96.3 Å². The van der Waals surface area contributed by atoms with Crippen LogP contribution < -0.4 is 4.74 Å². The molecule has 1 amide bonds. The highest BCUT2D eigenvalue weighted by Gasteiger charge is 2.21. The highest BCUT2D eigenvalue weighted by atomic mass is 16.5. The third-order valence-corrected chi connectivity index (χ3v) is 5.63. The number of hydrogen-bond donors (Lipinski definition) is 0. The van der Waals surface area contributed by atoms with E-state index in [0.717, 1.165) is 22.6 Å². The summed E-state index contributed by atoms with van der Waals surface area (Å²) in [4.78, 5) is 24.4. The summed E-state index contributed by atoms with van der Waals surface area (Å²) >= 11 is 0. The van der Waals surface area contributed by atoms with E-state index in [0.29, 0.717) is 35.4 Å². The number of nitrogens with zero attached hydrogens (tertiary/aromatic N) is 5. The molecule has 5 rings (SSSR count). The fourth-order valence-corrected chi connectivity index (χ4v) is 3.92. The average Bonchev–Trinajstić information content (AvgIpc) is 3.54. The van der Waals surface area contributed by atoms with E-state index in [-0.39, 0.29) is 5.91 Å². The lowest BCUT2D eigenvalue weighted by atomic mass is 10.1. The Morgan fingerprint density at radius 1 is 1.12 bits per heavy atom. The predicted molar refractivity (Wildman–Crippen MR) is 127 cm³/mol. The molecule has 8 heteroatoms. The Labute approximate surface area is 196 Å². The number of pyridine rings is 2. The molecule has 4 heterocycles. The van der Waals surface area contributed by atoms with Crippen LogP contribution in [-0.4, -0.2) is 44.7 Å². The van der Waals surface area contributed by atoms with Crippen LogP contribution >= 0.6 is 0 Å². The Bertz CT molecular complexity index is 1430. The molecule has 0 fully saturated rings. The molecule has 0 aliphatic rings. The van der Waals surface area contributed by atoms with Gasteiger partial charge in [-0.1, -0.05) is 18.2 Å². The van der Waals surface area contributed by atoms with E-state index in [1.807, 2.05) is 48.5 Å². The van der Waals surface area contributed by atoms with E-state index < -0.39 is 0 Å². The summed E-state index contributed by atoms with van der Waals surface area (Å²) in [7, 11) is 3.40. The summed E-state index contributed by atoms with van der Waals surface area (Å²) in [5.41, 5.74) is 3.51. The molecule has 4 aromatic heterocycles. The summed E-state index contributed by atoms with van der Waals surface area (Å²) in [6.45, 7) is 0.806. The van der Waals surface area contributed by atoms with Crippen molar-refractivity contribution >= 4 is 16.9 Å². The summed E-state index contributed by atoms with van der Waals surface area (Å²) in [5.74, 6) is 1.35. The number of benzene rings is 1. The number of carbonyl (C=O) groups is 1. The normalized spacial score (nSPS) is 11.0. The number of methoxy groups -OCH3 is 1. The Balaban J connectivity index is 1.57. The molecular weight excluding hydrogens is 430 g/mol. The van der Waals surface area contributed by atoms with E-state index in [1.54, 1.807) is 54.7 Å². The number of amides is 1. The third kappa shape index (κ3) is 4.13. The van der Waals surface area contributed by atoms with Crippen molar-refractivity contribution in [2.24, 2.45) is 0 Å². The largest absolute Gasteiger partial charge is 0.496 e. The number of aromatic nitrogens is 4. The first-order valence-corrected chi connectivity index (χ1v) is 10.8. The van der Waals surface area contributed by atoms with Crippen molar-refractivity contribution in [2.75, 3.05) is 14.2 Å². The minimum absolute atomic E-state index is 0.138. The van der Waals surface area contributed by atoms with Crippen molar-refractivity contribution < 1.29 is 13.9 Å². The van der Waals surface area contributed by atoms with Gasteiger partial charge in [0.25, 0.3) is 5.91 Å². The standard InChI is InChI=1S/C26H23N5O3/c1-30(16-19-7-3-4-10-24(19)33-2)26(32)21-13-23(18-8-5-11-27-14-18)29-25-22(21)15-28-31(25)17-20-9-6-12-34-20/h3-15H,16-17H2,1-2H3. The van der Waals surface area contributed by atoms with Crippen LogP contribution in [-0.2, 0) is 13.1 Å².